The zero-order valence-electron chi connectivity index (χ0n) is 10.9. The van der Waals surface area contributed by atoms with Gasteiger partial charge in [-0.25, -0.2) is 8.42 Å². The quantitative estimate of drug-likeness (QED) is 0.705. The Hall–Kier alpha value is -0.130. The smallest absolute Gasteiger partial charge is 0.148 e. The van der Waals surface area contributed by atoms with Gasteiger partial charge >= 0.3 is 0 Å². The fourth-order valence-corrected chi connectivity index (χ4v) is 3.30. The van der Waals surface area contributed by atoms with E-state index in [-0.39, 0.29) is 11.8 Å². The second-order valence-electron chi connectivity index (χ2n) is 5.08. The van der Waals surface area contributed by atoms with Gasteiger partial charge in [0.2, 0.25) is 0 Å². The molecule has 0 aromatic rings. The number of hydrogen-bond acceptors (Lipinski definition) is 4. The molecule has 0 aromatic carbocycles. The van der Waals surface area contributed by atoms with E-state index in [1.54, 1.807) is 0 Å². The highest BCUT2D eigenvalue weighted by Gasteiger charge is 2.13. The van der Waals surface area contributed by atoms with Crippen molar-refractivity contribution in [1.29, 1.82) is 0 Å². The molecular weight excluding hydrogens is 238 g/mol. The first kappa shape index (κ1) is 14.9. The predicted octanol–water partition coefficient (Wildman–Crippen LogP) is 1.36. The first-order chi connectivity index (χ1) is 7.97. The topological polar surface area (TPSA) is 55.4 Å². The lowest BCUT2D eigenvalue weighted by Gasteiger charge is -2.22. The average molecular weight is 263 g/mol. The number of rotatable bonds is 7. The van der Waals surface area contributed by atoms with Gasteiger partial charge in [-0.3, -0.25) is 0 Å². The molecule has 4 nitrogen and oxygen atoms in total. The van der Waals surface area contributed by atoms with E-state index in [4.69, 9.17) is 4.74 Å². The van der Waals surface area contributed by atoms with Gasteiger partial charge in [-0.1, -0.05) is 19.3 Å². The van der Waals surface area contributed by atoms with Crippen LogP contribution in [0.2, 0.25) is 0 Å². The van der Waals surface area contributed by atoms with E-state index in [1.165, 1.54) is 38.4 Å². The minimum atomic E-state index is -2.88. The molecule has 1 unspecified atom stereocenters. The van der Waals surface area contributed by atoms with E-state index in [2.05, 4.69) is 5.32 Å². The van der Waals surface area contributed by atoms with Gasteiger partial charge in [0.15, 0.2) is 0 Å². The summed E-state index contributed by atoms with van der Waals surface area (Å²) >= 11 is 0. The van der Waals surface area contributed by atoms with Gasteiger partial charge in [0.05, 0.1) is 18.5 Å². The van der Waals surface area contributed by atoms with Crippen LogP contribution in [0.25, 0.3) is 0 Å². The molecule has 0 aromatic heterocycles. The second-order valence-corrected chi connectivity index (χ2v) is 7.26. The summed E-state index contributed by atoms with van der Waals surface area (Å²) in [5.41, 5.74) is 0. The minimum absolute atomic E-state index is 0.0000409. The zero-order chi connectivity index (χ0) is 12.7. The van der Waals surface area contributed by atoms with Crippen molar-refractivity contribution in [2.75, 3.05) is 25.2 Å². The molecule has 17 heavy (non-hydrogen) atoms. The number of sulfone groups is 1. The summed E-state index contributed by atoms with van der Waals surface area (Å²) in [5, 5.41) is 3.17. The van der Waals surface area contributed by atoms with Crippen molar-refractivity contribution in [3.05, 3.63) is 0 Å². The van der Waals surface area contributed by atoms with Gasteiger partial charge in [0.1, 0.15) is 9.84 Å². The largest absolute Gasteiger partial charge is 0.377 e. The molecular formula is C12H25NO3S. The molecule has 0 spiro atoms. The van der Waals surface area contributed by atoms with E-state index >= 15 is 0 Å². The van der Waals surface area contributed by atoms with Gasteiger partial charge < -0.3 is 10.1 Å². The Kier molecular flexibility index (Phi) is 6.44. The SMILES string of the molecule is CC(CS(C)(=O)=O)NCCOC1CCCCC1. The molecule has 1 fully saturated rings. The summed E-state index contributed by atoms with van der Waals surface area (Å²) in [4.78, 5) is 0. The summed E-state index contributed by atoms with van der Waals surface area (Å²) < 4.78 is 27.9. The van der Waals surface area contributed by atoms with Crippen LogP contribution in [0.3, 0.4) is 0 Å². The van der Waals surface area contributed by atoms with Crippen molar-refractivity contribution < 1.29 is 13.2 Å². The van der Waals surface area contributed by atoms with Crippen molar-refractivity contribution in [2.45, 2.75) is 51.2 Å². The summed E-state index contributed by atoms with van der Waals surface area (Å²) in [6, 6.07) is -0.0000409. The van der Waals surface area contributed by atoms with Crippen LogP contribution in [0.5, 0.6) is 0 Å². The zero-order valence-corrected chi connectivity index (χ0v) is 11.8. The highest BCUT2D eigenvalue weighted by Crippen LogP contribution is 2.19. The number of ether oxygens (including phenoxy) is 1. The van der Waals surface area contributed by atoms with Gasteiger partial charge in [0, 0.05) is 18.8 Å². The van der Waals surface area contributed by atoms with Crippen LogP contribution in [-0.4, -0.2) is 45.7 Å². The fourth-order valence-electron chi connectivity index (χ4n) is 2.28. The summed E-state index contributed by atoms with van der Waals surface area (Å²) in [5.74, 6) is 0.191. The molecule has 1 N–H and O–H groups in total. The first-order valence-corrected chi connectivity index (χ1v) is 8.56. The molecule has 0 aliphatic heterocycles. The third kappa shape index (κ3) is 7.73. The molecule has 1 saturated carbocycles. The minimum Gasteiger partial charge on any atom is -0.377 e. The molecule has 1 aliphatic rings. The van der Waals surface area contributed by atoms with Crippen molar-refractivity contribution >= 4 is 9.84 Å². The predicted molar refractivity (Wildman–Crippen MR) is 70.0 cm³/mol. The van der Waals surface area contributed by atoms with Gasteiger partial charge in [-0.05, 0) is 19.8 Å². The lowest BCUT2D eigenvalue weighted by atomic mass is 9.98. The van der Waals surface area contributed by atoms with Gasteiger partial charge in [-0.15, -0.1) is 0 Å². The Balaban J connectivity index is 2.03. The third-order valence-electron chi connectivity index (χ3n) is 3.05. The first-order valence-electron chi connectivity index (χ1n) is 6.50. The van der Waals surface area contributed by atoms with Crippen LogP contribution in [0.15, 0.2) is 0 Å². The molecule has 0 radical (unpaired) electrons. The van der Waals surface area contributed by atoms with Crippen molar-refractivity contribution in [3.63, 3.8) is 0 Å². The Morgan fingerprint density at radius 1 is 1.29 bits per heavy atom. The van der Waals surface area contributed by atoms with E-state index < -0.39 is 9.84 Å². The molecule has 0 amide bonds. The number of nitrogens with one attached hydrogen (secondary N) is 1. The van der Waals surface area contributed by atoms with E-state index in [9.17, 15) is 8.42 Å². The summed E-state index contributed by atoms with van der Waals surface area (Å²) in [6.07, 6.45) is 7.95. The molecule has 1 rings (SSSR count). The summed E-state index contributed by atoms with van der Waals surface area (Å²) in [7, 11) is -2.88. The van der Waals surface area contributed by atoms with Crippen LogP contribution in [0, 0.1) is 0 Å². The fraction of sp³-hybridized carbons (Fsp3) is 1.00. The van der Waals surface area contributed by atoms with Crippen LogP contribution in [0.4, 0.5) is 0 Å². The molecule has 5 heteroatoms. The normalized spacial score (nSPS) is 20.4. The maximum atomic E-state index is 11.1. The summed E-state index contributed by atoms with van der Waals surface area (Å²) in [6.45, 7) is 3.30. The average Bonchev–Trinajstić information content (AvgIpc) is 2.23. The maximum absolute atomic E-state index is 11.1. The Morgan fingerprint density at radius 2 is 1.94 bits per heavy atom. The molecule has 102 valence electrons. The molecule has 1 atom stereocenters. The highest BCUT2D eigenvalue weighted by molar-refractivity contribution is 7.90. The van der Waals surface area contributed by atoms with E-state index in [0.717, 1.165) is 6.54 Å². The van der Waals surface area contributed by atoms with Gasteiger partial charge in [-0.2, -0.15) is 0 Å². The molecule has 0 saturated heterocycles. The lowest BCUT2D eigenvalue weighted by molar-refractivity contribution is 0.0297. The third-order valence-corrected chi connectivity index (χ3v) is 4.16. The van der Waals surface area contributed by atoms with Crippen molar-refractivity contribution in [1.82, 2.24) is 5.32 Å². The van der Waals surface area contributed by atoms with Gasteiger partial charge in [0.25, 0.3) is 0 Å². The Labute approximate surface area is 105 Å². The van der Waals surface area contributed by atoms with Crippen LogP contribution >= 0.6 is 0 Å². The van der Waals surface area contributed by atoms with Crippen LogP contribution in [0.1, 0.15) is 39.0 Å². The molecule has 0 heterocycles. The van der Waals surface area contributed by atoms with E-state index in [1.807, 2.05) is 6.92 Å². The standard InChI is InChI=1S/C12H25NO3S/c1-11(10-17(2,14)15)13-8-9-16-12-6-4-3-5-7-12/h11-13H,3-10H2,1-2H3. The monoisotopic (exact) mass is 263 g/mol. The molecule has 0 bridgehead atoms. The Morgan fingerprint density at radius 3 is 2.53 bits per heavy atom. The van der Waals surface area contributed by atoms with Crippen LogP contribution < -0.4 is 5.32 Å². The number of hydrogen-bond donors (Lipinski definition) is 1. The lowest BCUT2D eigenvalue weighted by Crippen LogP contribution is -2.35. The van der Waals surface area contributed by atoms with Crippen LogP contribution in [-0.2, 0) is 14.6 Å². The van der Waals surface area contributed by atoms with Crippen molar-refractivity contribution in [2.24, 2.45) is 0 Å². The maximum Gasteiger partial charge on any atom is 0.148 e. The Bertz CT molecular complexity index is 297. The van der Waals surface area contributed by atoms with Crippen molar-refractivity contribution in [3.8, 4) is 0 Å². The highest BCUT2D eigenvalue weighted by atomic mass is 32.2. The molecule has 1 aliphatic carbocycles. The second kappa shape index (κ2) is 7.34. The van der Waals surface area contributed by atoms with E-state index in [0.29, 0.717) is 12.7 Å².